The molecule has 4 aromatic rings. The topological polar surface area (TPSA) is 81.4 Å². The number of hydrogen-bond donors (Lipinski definition) is 1. The van der Waals surface area contributed by atoms with E-state index in [-0.39, 0.29) is 5.56 Å². The van der Waals surface area contributed by atoms with Crippen LogP contribution in [0.25, 0.3) is 33.5 Å². The van der Waals surface area contributed by atoms with Crippen LogP contribution in [-0.4, -0.2) is 35.7 Å². The number of hydrogen-bond acceptors (Lipinski definition) is 4. The predicted octanol–water partition coefficient (Wildman–Crippen LogP) is 2.86. The lowest BCUT2D eigenvalue weighted by molar-refractivity contribution is 0.122. The zero-order chi connectivity index (χ0) is 19.3. The van der Waals surface area contributed by atoms with Crippen molar-refractivity contribution in [3.05, 3.63) is 53.0 Å². The number of alkyl halides is 2. The Labute approximate surface area is 157 Å². The number of benzene rings is 1. The lowest BCUT2D eigenvalue weighted by Crippen LogP contribution is -2.07. The van der Waals surface area contributed by atoms with Crippen LogP contribution in [0.15, 0.2) is 41.6 Å². The van der Waals surface area contributed by atoms with E-state index < -0.39 is 13.0 Å². The molecule has 0 fully saturated rings. The average Bonchev–Trinajstić information content (AvgIpc) is 3.36. The van der Waals surface area contributed by atoms with Crippen LogP contribution < -0.4 is 5.56 Å². The lowest BCUT2D eigenvalue weighted by atomic mass is 10.1. The third kappa shape index (κ3) is 2.70. The molecule has 0 unspecified atom stereocenters. The van der Waals surface area contributed by atoms with E-state index in [1.165, 1.54) is 17.2 Å². The Morgan fingerprint density at radius 1 is 1.25 bits per heavy atom. The normalized spacial score (nSPS) is 13.5. The van der Waals surface area contributed by atoms with Gasteiger partial charge in [0, 0.05) is 24.7 Å². The van der Waals surface area contributed by atoms with E-state index in [1.807, 2.05) is 6.07 Å². The highest BCUT2D eigenvalue weighted by atomic mass is 19.3. The number of aryl methyl sites for hydroxylation is 1. The van der Waals surface area contributed by atoms with Crippen LogP contribution in [0.3, 0.4) is 0 Å². The summed E-state index contributed by atoms with van der Waals surface area (Å²) in [6, 6.07) is 7.19. The van der Waals surface area contributed by atoms with Gasteiger partial charge in [0.05, 0.1) is 22.9 Å². The maximum absolute atomic E-state index is 12.7. The van der Waals surface area contributed by atoms with E-state index >= 15 is 0 Å². The van der Waals surface area contributed by atoms with E-state index in [9.17, 15) is 13.6 Å². The molecular formula is C19H16F2N6O. The van der Waals surface area contributed by atoms with E-state index in [0.29, 0.717) is 22.3 Å². The molecule has 1 aliphatic heterocycles. The fourth-order valence-corrected chi connectivity index (χ4v) is 3.74. The van der Waals surface area contributed by atoms with Crippen molar-refractivity contribution in [1.29, 1.82) is 0 Å². The maximum Gasteiger partial charge on any atom is 0.258 e. The summed E-state index contributed by atoms with van der Waals surface area (Å²) in [5, 5.41) is 4.77. The Balaban J connectivity index is 1.68. The number of aromatic amines is 1. The van der Waals surface area contributed by atoms with Crippen molar-refractivity contribution < 1.29 is 8.78 Å². The summed E-state index contributed by atoms with van der Waals surface area (Å²) < 4.78 is 28.7. The van der Waals surface area contributed by atoms with Crippen LogP contribution in [-0.2, 0) is 19.5 Å². The van der Waals surface area contributed by atoms with Crippen molar-refractivity contribution in [1.82, 2.24) is 29.3 Å². The number of halogens is 2. The second-order valence-electron chi connectivity index (χ2n) is 6.76. The van der Waals surface area contributed by atoms with Gasteiger partial charge >= 0.3 is 0 Å². The van der Waals surface area contributed by atoms with Crippen molar-refractivity contribution in [2.24, 2.45) is 0 Å². The Hall–Kier alpha value is -3.36. The van der Waals surface area contributed by atoms with Gasteiger partial charge in [-0.1, -0.05) is 6.07 Å². The number of aromatic nitrogens is 6. The number of rotatable bonds is 4. The first kappa shape index (κ1) is 16.8. The summed E-state index contributed by atoms with van der Waals surface area (Å²) in [6.07, 6.45) is 2.28. The molecule has 28 heavy (non-hydrogen) atoms. The molecule has 0 saturated heterocycles. The van der Waals surface area contributed by atoms with Gasteiger partial charge in [0.2, 0.25) is 0 Å². The lowest BCUT2D eigenvalue weighted by Gasteiger charge is -2.08. The summed E-state index contributed by atoms with van der Waals surface area (Å²) in [5.74, 6) is 0.939. The molecule has 0 saturated carbocycles. The van der Waals surface area contributed by atoms with Crippen LogP contribution in [0.4, 0.5) is 8.78 Å². The van der Waals surface area contributed by atoms with E-state index in [0.717, 1.165) is 36.5 Å². The van der Waals surface area contributed by atoms with Crippen LogP contribution >= 0.6 is 0 Å². The van der Waals surface area contributed by atoms with Gasteiger partial charge in [-0.2, -0.15) is 5.10 Å². The summed E-state index contributed by atoms with van der Waals surface area (Å²) >= 11 is 0. The minimum atomic E-state index is -2.47. The number of H-pyrrole nitrogens is 1. The van der Waals surface area contributed by atoms with Gasteiger partial charge in [-0.3, -0.25) is 9.48 Å². The summed E-state index contributed by atoms with van der Waals surface area (Å²) in [7, 11) is 0. The number of nitrogens with one attached hydrogen (secondary N) is 1. The van der Waals surface area contributed by atoms with Gasteiger partial charge in [-0.15, -0.1) is 0 Å². The van der Waals surface area contributed by atoms with Crippen LogP contribution in [0, 0.1) is 0 Å². The van der Waals surface area contributed by atoms with Crippen molar-refractivity contribution >= 4 is 10.9 Å². The molecule has 1 N–H and O–H groups in total. The number of nitrogens with zero attached hydrogens (tertiary/aromatic N) is 5. The first-order chi connectivity index (χ1) is 13.6. The minimum absolute atomic E-state index is 0.212. The highest BCUT2D eigenvalue weighted by Gasteiger charge is 2.25. The van der Waals surface area contributed by atoms with Crippen molar-refractivity contribution in [3.63, 3.8) is 0 Å². The minimum Gasteiger partial charge on any atom is -0.327 e. The van der Waals surface area contributed by atoms with Crippen LogP contribution in [0.1, 0.15) is 12.2 Å². The van der Waals surface area contributed by atoms with Crippen LogP contribution in [0.2, 0.25) is 0 Å². The first-order valence-electron chi connectivity index (χ1n) is 8.99. The number of imidazole rings is 1. The Morgan fingerprint density at radius 2 is 2.14 bits per heavy atom. The molecule has 0 bridgehead atoms. The predicted molar refractivity (Wildman–Crippen MR) is 99.1 cm³/mol. The molecule has 0 aliphatic carbocycles. The summed E-state index contributed by atoms with van der Waals surface area (Å²) in [6.45, 7) is 0.358. The monoisotopic (exact) mass is 382 g/mol. The molecule has 0 radical (unpaired) electrons. The first-order valence-corrected chi connectivity index (χ1v) is 8.99. The molecular weight excluding hydrogens is 366 g/mol. The molecule has 1 aliphatic rings. The third-order valence-electron chi connectivity index (χ3n) is 4.95. The Morgan fingerprint density at radius 3 is 3.00 bits per heavy atom. The molecule has 1 aromatic carbocycles. The smallest absolute Gasteiger partial charge is 0.258 e. The zero-order valence-electron chi connectivity index (χ0n) is 14.8. The molecule has 9 heteroatoms. The molecule has 3 aromatic heterocycles. The van der Waals surface area contributed by atoms with Crippen molar-refractivity contribution in [2.75, 3.05) is 0 Å². The number of fused-ring (bicyclic) bond motifs is 2. The molecule has 0 amide bonds. The van der Waals surface area contributed by atoms with Gasteiger partial charge in [0.1, 0.15) is 23.8 Å². The molecule has 7 nitrogen and oxygen atoms in total. The second-order valence-corrected chi connectivity index (χ2v) is 6.76. The Bertz CT molecular complexity index is 1240. The van der Waals surface area contributed by atoms with Gasteiger partial charge in [-0.25, -0.2) is 18.7 Å². The highest BCUT2D eigenvalue weighted by Crippen LogP contribution is 2.35. The maximum atomic E-state index is 12.7. The Kier molecular flexibility index (Phi) is 3.81. The van der Waals surface area contributed by atoms with Crippen molar-refractivity contribution in [2.45, 2.75) is 32.4 Å². The van der Waals surface area contributed by atoms with Gasteiger partial charge in [0.15, 0.2) is 0 Å². The van der Waals surface area contributed by atoms with Gasteiger partial charge < -0.3 is 9.55 Å². The SMILES string of the molecule is O=c1[nH]cnc2ccc(-c3c(-c4ccn(CC(F)F)n4)nc4n3CCC4)cc12. The standard InChI is InChI=1S/C19H16F2N6O/c20-15(21)9-26-7-5-14(25-26)17-18(27-6-1-2-16(27)24-17)11-3-4-13-12(8-11)19(28)23-10-22-13/h3-5,7-8,10,15H,1-2,6,9H2,(H,22,23,28). The average molecular weight is 382 g/mol. The van der Waals surface area contributed by atoms with Gasteiger partial charge in [0.25, 0.3) is 12.0 Å². The molecule has 4 heterocycles. The zero-order valence-corrected chi connectivity index (χ0v) is 14.8. The van der Waals surface area contributed by atoms with Crippen molar-refractivity contribution in [3.8, 4) is 22.6 Å². The van der Waals surface area contributed by atoms with Crippen LogP contribution in [0.5, 0.6) is 0 Å². The molecule has 0 spiro atoms. The van der Waals surface area contributed by atoms with E-state index in [2.05, 4.69) is 19.6 Å². The largest absolute Gasteiger partial charge is 0.327 e. The van der Waals surface area contributed by atoms with Gasteiger partial charge in [-0.05, 0) is 24.6 Å². The fourth-order valence-electron chi connectivity index (χ4n) is 3.74. The van der Waals surface area contributed by atoms with E-state index in [1.54, 1.807) is 18.2 Å². The molecule has 5 rings (SSSR count). The fraction of sp³-hybridized carbons (Fsp3) is 0.263. The highest BCUT2D eigenvalue weighted by molar-refractivity contribution is 5.86. The van der Waals surface area contributed by atoms with E-state index in [4.69, 9.17) is 4.98 Å². The third-order valence-corrected chi connectivity index (χ3v) is 4.95. The second kappa shape index (κ2) is 6.36. The summed E-state index contributed by atoms with van der Waals surface area (Å²) in [4.78, 5) is 23.7. The quantitative estimate of drug-likeness (QED) is 0.589. The molecule has 0 atom stereocenters. The molecule has 142 valence electrons. The summed E-state index contributed by atoms with van der Waals surface area (Å²) in [5.41, 5.74) is 3.25.